The van der Waals surface area contributed by atoms with Crippen molar-refractivity contribution in [3.8, 4) is 0 Å². The van der Waals surface area contributed by atoms with Crippen molar-refractivity contribution in [2.75, 3.05) is 19.6 Å². The van der Waals surface area contributed by atoms with E-state index in [1.54, 1.807) is 0 Å². The maximum absolute atomic E-state index is 15.4. The fourth-order valence-electron chi connectivity index (χ4n) is 7.17. The molecule has 50 heavy (non-hydrogen) atoms. The summed E-state index contributed by atoms with van der Waals surface area (Å²) in [6.45, 7) is 7.29. The first kappa shape index (κ1) is 31.3. The molecule has 6 aromatic rings. The van der Waals surface area contributed by atoms with Gasteiger partial charge in [-0.05, 0) is 147 Å². The van der Waals surface area contributed by atoms with Crippen LogP contribution in [0.25, 0.3) is 0 Å². The first-order valence-corrected chi connectivity index (χ1v) is 16.3. The van der Waals surface area contributed by atoms with Crippen molar-refractivity contribution in [2.24, 2.45) is 0 Å². The molecule has 8 heteroatoms. The van der Waals surface area contributed by atoms with E-state index in [1.165, 1.54) is 48.5 Å². The smallest absolute Gasteiger partial charge is 0.166 e. The summed E-state index contributed by atoms with van der Waals surface area (Å²) < 4.78 is 61.4. The van der Waals surface area contributed by atoms with E-state index in [0.29, 0.717) is 79.4 Å². The molecule has 0 N–H and O–H groups in total. The lowest BCUT2D eigenvalue weighted by Crippen LogP contribution is -2.33. The summed E-state index contributed by atoms with van der Waals surface area (Å²) >= 11 is 0. The first-order valence-electron chi connectivity index (χ1n) is 16.3. The van der Waals surface area contributed by atoms with Gasteiger partial charge >= 0.3 is 0 Å². The van der Waals surface area contributed by atoms with Crippen LogP contribution in [0.5, 0.6) is 0 Å². The van der Waals surface area contributed by atoms with Crippen molar-refractivity contribution in [3.05, 3.63) is 178 Å². The fourth-order valence-corrected chi connectivity index (χ4v) is 7.17. The van der Waals surface area contributed by atoms with Gasteiger partial charge in [0.05, 0.1) is 45.5 Å². The van der Waals surface area contributed by atoms with E-state index >= 15 is 17.6 Å². The maximum Gasteiger partial charge on any atom is 0.166 e. The number of hydrogen-bond acceptors (Lipinski definition) is 4. The van der Waals surface area contributed by atoms with Gasteiger partial charge in [-0.15, -0.1) is 0 Å². The zero-order valence-corrected chi connectivity index (χ0v) is 27.8. The van der Waals surface area contributed by atoms with Crippen molar-refractivity contribution in [3.63, 3.8) is 0 Å². The van der Waals surface area contributed by atoms with E-state index in [4.69, 9.17) is 0 Å². The lowest BCUT2D eigenvalue weighted by atomic mass is 10.1. The average molecular weight is 669 g/mol. The number of para-hydroxylation sites is 4. The predicted octanol–water partition coefficient (Wildman–Crippen LogP) is 11.9. The number of anilines is 8. The van der Waals surface area contributed by atoms with Gasteiger partial charge in [0.15, 0.2) is 11.6 Å². The van der Waals surface area contributed by atoms with Gasteiger partial charge in [-0.3, -0.25) is 19.6 Å². The lowest BCUT2D eigenvalue weighted by Gasteiger charge is -2.34. The van der Waals surface area contributed by atoms with Crippen LogP contribution in [0.15, 0.2) is 133 Å². The molecule has 2 aliphatic heterocycles. The summed E-state index contributed by atoms with van der Waals surface area (Å²) in [6.07, 6.45) is 0. The summed E-state index contributed by atoms with van der Waals surface area (Å²) in [6, 6.07) is 34.5. The molecule has 6 aromatic carbocycles. The van der Waals surface area contributed by atoms with Crippen LogP contribution in [0, 0.1) is 51.0 Å². The molecule has 0 spiro atoms. The molecule has 0 saturated heterocycles. The van der Waals surface area contributed by atoms with Gasteiger partial charge in [-0.25, -0.2) is 17.6 Å². The van der Waals surface area contributed by atoms with Crippen LogP contribution in [-0.2, 0) is 0 Å². The van der Waals surface area contributed by atoms with Gasteiger partial charge in [-0.1, -0.05) is 24.3 Å². The Morgan fingerprint density at radius 3 is 0.740 bits per heavy atom. The second-order valence-electron chi connectivity index (χ2n) is 12.9. The van der Waals surface area contributed by atoms with Crippen molar-refractivity contribution in [1.82, 2.24) is 0 Å². The molecule has 0 fully saturated rings. The van der Waals surface area contributed by atoms with Gasteiger partial charge in [0.2, 0.25) is 0 Å². The van der Waals surface area contributed by atoms with Crippen LogP contribution >= 0.6 is 0 Å². The Morgan fingerprint density at radius 1 is 0.320 bits per heavy atom. The van der Waals surface area contributed by atoms with Crippen molar-refractivity contribution in [1.29, 1.82) is 0 Å². The van der Waals surface area contributed by atoms with Crippen LogP contribution in [0.2, 0.25) is 0 Å². The lowest BCUT2D eigenvalue weighted by molar-refractivity contribution is 0.625. The van der Waals surface area contributed by atoms with Crippen LogP contribution in [-0.4, -0.2) is 0 Å². The number of nitrogens with zero attached hydrogens (tertiary/aromatic N) is 4. The van der Waals surface area contributed by atoms with Crippen molar-refractivity contribution < 1.29 is 17.6 Å². The minimum absolute atomic E-state index is 0.424. The molecule has 4 nitrogen and oxygen atoms in total. The average Bonchev–Trinajstić information content (AvgIpc) is 3.56. The molecular weight excluding hydrogens is 636 g/mol. The van der Waals surface area contributed by atoms with Gasteiger partial charge in [0.1, 0.15) is 23.3 Å². The topological polar surface area (TPSA) is 13.0 Å². The summed E-state index contributed by atoms with van der Waals surface area (Å²) in [5, 5.41) is 0. The molecule has 0 aromatic heterocycles. The Hall–Kier alpha value is -6.02. The van der Waals surface area contributed by atoms with Crippen LogP contribution in [0.4, 0.5) is 63.1 Å². The highest BCUT2D eigenvalue weighted by Crippen LogP contribution is 2.57. The standard InChI is InChI=1S/C42H32F4N4/c1-25-13-29(43)21-33(17-25)47-37-9-5-6-10-38(37)48(34-18-26(2)14-30(44)22-34)41(47)42-49(35-19-27(3)15-31(45)23-35)39-11-7-8-12-40(39)50(42)36-20-28(4)16-32(46)24-36/h5-24H,1-4H3. The molecular formula is C42H32F4N4. The largest absolute Gasteiger partial charge is 0.291 e. The Bertz CT molecular complexity index is 1960. The van der Waals surface area contributed by atoms with E-state index in [1.807, 2.05) is 120 Å². The molecule has 248 valence electrons. The van der Waals surface area contributed by atoms with E-state index in [0.717, 1.165) is 0 Å². The van der Waals surface area contributed by atoms with Gasteiger partial charge in [-0.2, -0.15) is 0 Å². The number of hydrogen-bond donors (Lipinski definition) is 0. The predicted molar refractivity (Wildman–Crippen MR) is 193 cm³/mol. The van der Waals surface area contributed by atoms with E-state index in [2.05, 4.69) is 0 Å². The van der Waals surface area contributed by atoms with Crippen LogP contribution in [0.1, 0.15) is 22.3 Å². The summed E-state index contributed by atoms with van der Waals surface area (Å²) in [5.41, 5.74) is 7.74. The monoisotopic (exact) mass is 668 g/mol. The third-order valence-corrected chi connectivity index (χ3v) is 8.91. The van der Waals surface area contributed by atoms with Crippen LogP contribution in [0.3, 0.4) is 0 Å². The Labute approximate surface area is 288 Å². The summed E-state index contributed by atoms with van der Waals surface area (Å²) in [4.78, 5) is 7.74. The molecule has 2 heterocycles. The highest BCUT2D eigenvalue weighted by molar-refractivity contribution is 6.00. The molecule has 0 amide bonds. The SMILES string of the molecule is Cc1cc(F)cc(N2C(=C3N(c4cc(C)cc(F)c4)c4ccccc4N3c3cc(C)cc(F)c3)N(c3cc(C)cc(F)c3)c3ccccc32)c1. The number of halogens is 4. The quantitative estimate of drug-likeness (QED) is 0.173. The van der Waals surface area contributed by atoms with Crippen molar-refractivity contribution in [2.45, 2.75) is 27.7 Å². The second-order valence-corrected chi connectivity index (χ2v) is 12.9. The zero-order chi connectivity index (χ0) is 34.8. The molecule has 2 aliphatic rings. The van der Waals surface area contributed by atoms with Gasteiger partial charge < -0.3 is 0 Å². The van der Waals surface area contributed by atoms with Crippen LogP contribution < -0.4 is 19.6 Å². The number of aryl methyl sites for hydroxylation is 4. The Kier molecular flexibility index (Phi) is 7.40. The minimum Gasteiger partial charge on any atom is -0.291 e. The second kappa shape index (κ2) is 11.8. The number of rotatable bonds is 4. The molecule has 0 saturated carbocycles. The first-order chi connectivity index (χ1) is 24.0. The number of fused-ring (bicyclic) bond motifs is 2. The third kappa shape index (κ3) is 5.24. The normalized spacial score (nSPS) is 13.8. The molecule has 0 atom stereocenters. The van der Waals surface area contributed by atoms with Gasteiger partial charge in [0, 0.05) is 0 Å². The zero-order valence-electron chi connectivity index (χ0n) is 27.8. The van der Waals surface area contributed by atoms with Gasteiger partial charge in [0.25, 0.3) is 0 Å². The maximum atomic E-state index is 15.4. The Morgan fingerprint density at radius 2 is 0.540 bits per heavy atom. The Balaban J connectivity index is 1.57. The molecule has 0 aliphatic carbocycles. The van der Waals surface area contributed by atoms with E-state index < -0.39 is 23.3 Å². The highest BCUT2D eigenvalue weighted by atomic mass is 19.1. The fraction of sp³-hybridized carbons (Fsp3) is 0.0952. The highest BCUT2D eigenvalue weighted by Gasteiger charge is 2.44. The van der Waals surface area contributed by atoms with E-state index in [9.17, 15) is 0 Å². The molecule has 0 bridgehead atoms. The number of benzene rings is 6. The molecule has 0 unspecified atom stereocenters. The van der Waals surface area contributed by atoms with Crippen molar-refractivity contribution >= 4 is 45.5 Å². The summed E-state index contributed by atoms with van der Waals surface area (Å²) in [7, 11) is 0. The molecule has 8 rings (SSSR count). The summed E-state index contributed by atoms with van der Waals surface area (Å²) in [5.74, 6) is -0.695. The third-order valence-electron chi connectivity index (χ3n) is 8.91. The molecule has 0 radical (unpaired) electrons. The minimum atomic E-state index is -0.424. The van der Waals surface area contributed by atoms with E-state index in [-0.39, 0.29) is 0 Å².